The molecule has 4 nitrogen and oxygen atoms in total. The molecular weight excluding hydrogens is 216 g/mol. The summed E-state index contributed by atoms with van der Waals surface area (Å²) in [5, 5.41) is 6.38. The SMILES string of the molecule is Cc1noc(NCc2ccc(F)c(F)c2)n1. The van der Waals surface area contributed by atoms with Gasteiger partial charge in [0.1, 0.15) is 0 Å². The second-order valence-corrected chi connectivity index (χ2v) is 3.25. The molecule has 0 spiro atoms. The van der Waals surface area contributed by atoms with Crippen molar-refractivity contribution in [2.75, 3.05) is 5.32 Å². The van der Waals surface area contributed by atoms with Crippen LogP contribution in [0.25, 0.3) is 0 Å². The quantitative estimate of drug-likeness (QED) is 0.870. The van der Waals surface area contributed by atoms with Gasteiger partial charge < -0.3 is 9.84 Å². The third-order valence-corrected chi connectivity index (χ3v) is 1.96. The van der Waals surface area contributed by atoms with Crippen molar-refractivity contribution in [1.82, 2.24) is 10.1 Å². The van der Waals surface area contributed by atoms with Crippen molar-refractivity contribution in [3.63, 3.8) is 0 Å². The molecule has 0 aliphatic carbocycles. The maximum atomic E-state index is 12.9. The molecule has 1 aromatic carbocycles. The van der Waals surface area contributed by atoms with Gasteiger partial charge in [-0.2, -0.15) is 4.98 Å². The van der Waals surface area contributed by atoms with Crippen LogP contribution < -0.4 is 5.32 Å². The van der Waals surface area contributed by atoms with E-state index in [9.17, 15) is 8.78 Å². The van der Waals surface area contributed by atoms with Crippen LogP contribution in [0.2, 0.25) is 0 Å². The first-order valence-corrected chi connectivity index (χ1v) is 4.63. The van der Waals surface area contributed by atoms with E-state index in [1.54, 1.807) is 6.92 Å². The number of halogens is 2. The predicted molar refractivity (Wildman–Crippen MR) is 52.7 cm³/mol. The van der Waals surface area contributed by atoms with Gasteiger partial charge in [0.05, 0.1) is 0 Å². The molecule has 0 bridgehead atoms. The van der Waals surface area contributed by atoms with Gasteiger partial charge >= 0.3 is 6.01 Å². The van der Waals surface area contributed by atoms with E-state index in [1.807, 2.05) is 0 Å². The van der Waals surface area contributed by atoms with Gasteiger partial charge in [0.2, 0.25) is 0 Å². The molecular formula is C10H9F2N3O. The number of benzene rings is 1. The van der Waals surface area contributed by atoms with Crippen molar-refractivity contribution in [3.8, 4) is 0 Å². The maximum absolute atomic E-state index is 12.9. The zero-order chi connectivity index (χ0) is 11.5. The molecule has 16 heavy (non-hydrogen) atoms. The highest BCUT2D eigenvalue weighted by Gasteiger charge is 2.04. The van der Waals surface area contributed by atoms with Gasteiger partial charge in [0, 0.05) is 6.54 Å². The number of anilines is 1. The lowest BCUT2D eigenvalue weighted by atomic mass is 10.2. The fraction of sp³-hybridized carbons (Fsp3) is 0.200. The molecule has 0 aliphatic rings. The summed E-state index contributed by atoms with van der Waals surface area (Å²) in [4.78, 5) is 3.91. The Bertz CT molecular complexity index is 499. The number of aromatic nitrogens is 2. The molecule has 1 heterocycles. The zero-order valence-corrected chi connectivity index (χ0v) is 8.50. The van der Waals surface area contributed by atoms with E-state index in [0.717, 1.165) is 12.1 Å². The molecule has 0 saturated heterocycles. The van der Waals surface area contributed by atoms with Gasteiger partial charge in [-0.05, 0) is 24.6 Å². The molecule has 0 fully saturated rings. The van der Waals surface area contributed by atoms with E-state index < -0.39 is 11.6 Å². The molecule has 0 atom stereocenters. The van der Waals surface area contributed by atoms with Crippen LogP contribution in [0.5, 0.6) is 0 Å². The Morgan fingerprint density at radius 2 is 2.12 bits per heavy atom. The van der Waals surface area contributed by atoms with Gasteiger partial charge in [-0.15, -0.1) is 0 Å². The van der Waals surface area contributed by atoms with E-state index in [2.05, 4.69) is 15.5 Å². The van der Waals surface area contributed by atoms with Crippen molar-refractivity contribution < 1.29 is 13.3 Å². The highest BCUT2D eigenvalue weighted by atomic mass is 19.2. The summed E-state index contributed by atoms with van der Waals surface area (Å²) in [7, 11) is 0. The van der Waals surface area contributed by atoms with Gasteiger partial charge in [-0.25, -0.2) is 8.78 Å². The van der Waals surface area contributed by atoms with Crippen LogP contribution in [-0.4, -0.2) is 10.1 Å². The second-order valence-electron chi connectivity index (χ2n) is 3.25. The van der Waals surface area contributed by atoms with Crippen molar-refractivity contribution in [1.29, 1.82) is 0 Å². The van der Waals surface area contributed by atoms with Crippen LogP contribution in [0, 0.1) is 18.6 Å². The molecule has 0 aliphatic heterocycles. The topological polar surface area (TPSA) is 51.0 Å². The molecule has 6 heteroatoms. The number of nitrogens with one attached hydrogen (secondary N) is 1. The number of aryl methyl sites for hydroxylation is 1. The van der Waals surface area contributed by atoms with Crippen LogP contribution in [0.15, 0.2) is 22.7 Å². The Kier molecular flexibility index (Phi) is 2.80. The Balaban J connectivity index is 2.02. The molecule has 1 N–H and O–H groups in total. The fourth-order valence-corrected chi connectivity index (χ4v) is 1.20. The Morgan fingerprint density at radius 1 is 1.31 bits per heavy atom. The molecule has 0 saturated carbocycles. The monoisotopic (exact) mass is 225 g/mol. The van der Waals surface area contributed by atoms with Gasteiger partial charge in [-0.1, -0.05) is 11.2 Å². The lowest BCUT2D eigenvalue weighted by molar-refractivity contribution is 0.425. The summed E-state index contributed by atoms with van der Waals surface area (Å²) < 4.78 is 30.3. The van der Waals surface area contributed by atoms with Crippen molar-refractivity contribution in [3.05, 3.63) is 41.2 Å². The molecule has 2 rings (SSSR count). The summed E-state index contributed by atoms with van der Waals surface area (Å²) in [6, 6.07) is 3.92. The highest BCUT2D eigenvalue weighted by molar-refractivity contribution is 5.25. The first-order valence-electron chi connectivity index (χ1n) is 4.63. The van der Waals surface area contributed by atoms with E-state index in [1.165, 1.54) is 6.07 Å². The Labute approximate surface area is 90.3 Å². The third-order valence-electron chi connectivity index (χ3n) is 1.96. The Hall–Kier alpha value is -1.98. The zero-order valence-electron chi connectivity index (χ0n) is 8.50. The Morgan fingerprint density at radius 3 is 2.75 bits per heavy atom. The van der Waals surface area contributed by atoms with Crippen molar-refractivity contribution in [2.45, 2.75) is 13.5 Å². The lowest BCUT2D eigenvalue weighted by Crippen LogP contribution is -2.00. The van der Waals surface area contributed by atoms with E-state index in [-0.39, 0.29) is 6.01 Å². The molecule has 1 aromatic heterocycles. The van der Waals surface area contributed by atoms with E-state index in [0.29, 0.717) is 17.9 Å². The minimum Gasteiger partial charge on any atom is -0.334 e. The van der Waals surface area contributed by atoms with Crippen molar-refractivity contribution >= 4 is 6.01 Å². The standard InChI is InChI=1S/C10H9F2N3O/c1-6-14-10(16-15-6)13-5-7-2-3-8(11)9(12)4-7/h2-4H,5H2,1H3,(H,13,14,15). The summed E-state index contributed by atoms with van der Waals surface area (Å²) in [6.07, 6.45) is 0. The number of hydrogen-bond acceptors (Lipinski definition) is 4. The first kappa shape index (κ1) is 10.5. The van der Waals surface area contributed by atoms with Gasteiger partial charge in [-0.3, -0.25) is 0 Å². The van der Waals surface area contributed by atoms with Crippen LogP contribution in [0.3, 0.4) is 0 Å². The third kappa shape index (κ3) is 2.33. The van der Waals surface area contributed by atoms with Crippen LogP contribution in [-0.2, 0) is 6.54 Å². The normalized spacial score (nSPS) is 10.4. The average molecular weight is 225 g/mol. The summed E-state index contributed by atoms with van der Waals surface area (Å²) in [6.45, 7) is 1.98. The van der Waals surface area contributed by atoms with Crippen LogP contribution in [0.1, 0.15) is 11.4 Å². The second kappa shape index (κ2) is 4.26. The van der Waals surface area contributed by atoms with Crippen LogP contribution >= 0.6 is 0 Å². The van der Waals surface area contributed by atoms with Gasteiger partial charge in [0.25, 0.3) is 0 Å². The fourth-order valence-electron chi connectivity index (χ4n) is 1.20. The number of rotatable bonds is 3. The molecule has 84 valence electrons. The minimum absolute atomic E-state index is 0.252. The van der Waals surface area contributed by atoms with Crippen LogP contribution in [0.4, 0.5) is 14.8 Å². The molecule has 0 radical (unpaired) electrons. The van der Waals surface area contributed by atoms with Crippen molar-refractivity contribution in [2.24, 2.45) is 0 Å². The summed E-state index contributed by atoms with van der Waals surface area (Å²) >= 11 is 0. The molecule has 0 unspecified atom stereocenters. The number of hydrogen-bond donors (Lipinski definition) is 1. The molecule has 2 aromatic rings. The number of nitrogens with zero attached hydrogens (tertiary/aromatic N) is 2. The summed E-state index contributed by atoms with van der Waals surface area (Å²) in [5.74, 6) is -1.23. The summed E-state index contributed by atoms with van der Waals surface area (Å²) in [5.41, 5.74) is 0.592. The minimum atomic E-state index is -0.874. The van der Waals surface area contributed by atoms with E-state index in [4.69, 9.17) is 4.52 Å². The largest absolute Gasteiger partial charge is 0.334 e. The van der Waals surface area contributed by atoms with E-state index >= 15 is 0 Å². The maximum Gasteiger partial charge on any atom is 0.321 e. The molecule has 0 amide bonds. The smallest absolute Gasteiger partial charge is 0.321 e. The average Bonchev–Trinajstić information content (AvgIpc) is 2.66. The lowest BCUT2D eigenvalue weighted by Gasteiger charge is -2.01. The predicted octanol–water partition coefficient (Wildman–Crippen LogP) is 2.27. The first-order chi connectivity index (χ1) is 7.65. The van der Waals surface area contributed by atoms with Gasteiger partial charge in [0.15, 0.2) is 17.5 Å². The highest BCUT2D eigenvalue weighted by Crippen LogP contribution is 2.10.